The molecule has 0 saturated carbocycles. The van der Waals surface area contributed by atoms with Crippen LogP contribution in [-0.4, -0.2) is 17.0 Å². The van der Waals surface area contributed by atoms with Gasteiger partial charge in [-0.25, -0.2) is 9.59 Å². The maximum absolute atomic E-state index is 11.5. The Balaban J connectivity index is 2.79. The summed E-state index contributed by atoms with van der Waals surface area (Å²) in [5.74, 6) is -1.87. The standard InChI is InChI=1S/C15H16O4/c1-11(2)10-13(12-6-4-3-5-7-12)19-15(18)9-8-14(16)17/h3-9,13H,1,10H2,2H3,(H,16,17)/b9-8-. The minimum Gasteiger partial charge on any atom is -0.478 e. The zero-order chi connectivity index (χ0) is 14.3. The number of benzene rings is 1. The number of esters is 1. The van der Waals surface area contributed by atoms with E-state index in [0.717, 1.165) is 23.3 Å². The van der Waals surface area contributed by atoms with Crippen molar-refractivity contribution >= 4 is 11.9 Å². The summed E-state index contributed by atoms with van der Waals surface area (Å²) in [6.07, 6.45) is 1.70. The van der Waals surface area contributed by atoms with E-state index in [1.807, 2.05) is 37.3 Å². The van der Waals surface area contributed by atoms with Crippen LogP contribution in [0.25, 0.3) is 0 Å². The fraction of sp³-hybridized carbons (Fsp3) is 0.200. The van der Waals surface area contributed by atoms with Crippen LogP contribution in [0.1, 0.15) is 25.0 Å². The summed E-state index contributed by atoms with van der Waals surface area (Å²) in [6.45, 7) is 5.64. The van der Waals surface area contributed by atoms with Gasteiger partial charge in [-0.15, -0.1) is 0 Å². The van der Waals surface area contributed by atoms with E-state index in [2.05, 4.69) is 6.58 Å². The molecule has 1 N–H and O–H groups in total. The van der Waals surface area contributed by atoms with Crippen LogP contribution in [0.3, 0.4) is 0 Å². The molecule has 0 aromatic heterocycles. The highest BCUT2D eigenvalue weighted by Gasteiger charge is 2.15. The molecule has 0 aliphatic rings. The number of rotatable bonds is 6. The lowest BCUT2D eigenvalue weighted by atomic mass is 10.0. The summed E-state index contributed by atoms with van der Waals surface area (Å²) in [5.41, 5.74) is 1.73. The number of hydrogen-bond donors (Lipinski definition) is 1. The Hall–Kier alpha value is -2.36. The first-order valence-electron chi connectivity index (χ1n) is 5.80. The van der Waals surface area contributed by atoms with Gasteiger partial charge in [0.25, 0.3) is 0 Å². The Morgan fingerprint density at radius 3 is 2.47 bits per heavy atom. The van der Waals surface area contributed by atoms with Gasteiger partial charge in [0.2, 0.25) is 0 Å². The Morgan fingerprint density at radius 1 is 1.32 bits per heavy atom. The van der Waals surface area contributed by atoms with Gasteiger partial charge in [-0.2, -0.15) is 0 Å². The molecule has 1 aromatic rings. The van der Waals surface area contributed by atoms with E-state index < -0.39 is 18.0 Å². The number of hydrogen-bond acceptors (Lipinski definition) is 3. The second-order valence-corrected chi connectivity index (χ2v) is 4.17. The highest BCUT2D eigenvalue weighted by molar-refractivity contribution is 5.90. The quantitative estimate of drug-likeness (QED) is 0.485. The van der Waals surface area contributed by atoms with E-state index in [4.69, 9.17) is 9.84 Å². The van der Waals surface area contributed by atoms with E-state index in [9.17, 15) is 9.59 Å². The summed E-state index contributed by atoms with van der Waals surface area (Å²) in [7, 11) is 0. The molecule has 0 aliphatic carbocycles. The van der Waals surface area contributed by atoms with E-state index in [1.54, 1.807) is 0 Å². The van der Waals surface area contributed by atoms with Crippen LogP contribution in [0.4, 0.5) is 0 Å². The van der Waals surface area contributed by atoms with Crippen molar-refractivity contribution in [1.82, 2.24) is 0 Å². The van der Waals surface area contributed by atoms with Crippen molar-refractivity contribution in [3.8, 4) is 0 Å². The number of carbonyl (C=O) groups is 2. The lowest BCUT2D eigenvalue weighted by molar-refractivity contribution is -0.143. The molecule has 0 saturated heterocycles. The van der Waals surface area contributed by atoms with Crippen LogP contribution in [0.2, 0.25) is 0 Å². The molecular formula is C15H16O4. The second-order valence-electron chi connectivity index (χ2n) is 4.17. The average Bonchev–Trinajstić information content (AvgIpc) is 2.36. The molecule has 4 heteroatoms. The van der Waals surface area contributed by atoms with E-state index in [1.165, 1.54) is 0 Å². The normalized spacial score (nSPS) is 12.1. The Bertz CT molecular complexity index is 488. The molecule has 1 aromatic carbocycles. The van der Waals surface area contributed by atoms with Crippen molar-refractivity contribution in [3.05, 3.63) is 60.2 Å². The molecular weight excluding hydrogens is 244 g/mol. The fourth-order valence-corrected chi connectivity index (χ4v) is 1.53. The molecule has 0 fully saturated rings. The van der Waals surface area contributed by atoms with Gasteiger partial charge in [0, 0.05) is 18.6 Å². The second kappa shape index (κ2) is 7.16. The number of carboxylic acids is 1. The van der Waals surface area contributed by atoms with Gasteiger partial charge in [-0.3, -0.25) is 0 Å². The molecule has 0 aliphatic heterocycles. The van der Waals surface area contributed by atoms with Crippen molar-refractivity contribution in [2.45, 2.75) is 19.4 Å². The minimum absolute atomic E-state index is 0.454. The van der Waals surface area contributed by atoms with E-state index in [0.29, 0.717) is 6.42 Å². The van der Waals surface area contributed by atoms with Crippen LogP contribution < -0.4 is 0 Å². The van der Waals surface area contributed by atoms with Crippen molar-refractivity contribution in [2.24, 2.45) is 0 Å². The minimum atomic E-state index is -1.19. The summed E-state index contributed by atoms with van der Waals surface area (Å²) >= 11 is 0. The summed E-state index contributed by atoms with van der Waals surface area (Å²) in [4.78, 5) is 21.8. The van der Waals surface area contributed by atoms with Crippen molar-refractivity contribution < 1.29 is 19.4 Å². The molecule has 1 unspecified atom stereocenters. The third kappa shape index (κ3) is 5.68. The maximum Gasteiger partial charge on any atom is 0.331 e. The van der Waals surface area contributed by atoms with Gasteiger partial charge in [-0.1, -0.05) is 42.5 Å². The summed E-state index contributed by atoms with van der Waals surface area (Å²) < 4.78 is 5.25. The first-order valence-corrected chi connectivity index (χ1v) is 5.80. The Morgan fingerprint density at radius 2 is 1.95 bits per heavy atom. The van der Waals surface area contributed by atoms with Crippen LogP contribution >= 0.6 is 0 Å². The van der Waals surface area contributed by atoms with Gasteiger partial charge in [0.05, 0.1) is 0 Å². The molecule has 19 heavy (non-hydrogen) atoms. The lowest BCUT2D eigenvalue weighted by Crippen LogP contribution is -2.10. The van der Waals surface area contributed by atoms with E-state index >= 15 is 0 Å². The predicted molar refractivity (Wildman–Crippen MR) is 71.5 cm³/mol. The molecule has 1 atom stereocenters. The molecule has 0 amide bonds. The molecule has 0 spiro atoms. The SMILES string of the molecule is C=C(C)CC(OC(=O)/C=C\C(=O)O)c1ccccc1. The van der Waals surface area contributed by atoms with E-state index in [-0.39, 0.29) is 0 Å². The Labute approximate surface area is 112 Å². The molecule has 1 rings (SSSR count). The molecule has 100 valence electrons. The zero-order valence-corrected chi connectivity index (χ0v) is 10.7. The van der Waals surface area contributed by atoms with Gasteiger partial charge in [-0.05, 0) is 12.5 Å². The van der Waals surface area contributed by atoms with Gasteiger partial charge < -0.3 is 9.84 Å². The average molecular weight is 260 g/mol. The molecule has 4 nitrogen and oxygen atoms in total. The summed E-state index contributed by atoms with van der Waals surface area (Å²) in [5, 5.41) is 8.45. The van der Waals surface area contributed by atoms with Crippen molar-refractivity contribution in [2.75, 3.05) is 0 Å². The smallest absolute Gasteiger partial charge is 0.331 e. The largest absolute Gasteiger partial charge is 0.478 e. The first-order chi connectivity index (χ1) is 8.99. The van der Waals surface area contributed by atoms with Gasteiger partial charge >= 0.3 is 11.9 Å². The monoisotopic (exact) mass is 260 g/mol. The fourth-order valence-electron chi connectivity index (χ4n) is 1.53. The third-order valence-corrected chi connectivity index (χ3v) is 2.33. The molecule has 0 radical (unpaired) electrons. The first kappa shape index (κ1) is 14.7. The number of carboxylic acid groups (broad SMARTS) is 1. The van der Waals surface area contributed by atoms with Gasteiger partial charge in [0.1, 0.15) is 6.10 Å². The van der Waals surface area contributed by atoms with Gasteiger partial charge in [0.15, 0.2) is 0 Å². The predicted octanol–water partition coefficient (Wildman–Crippen LogP) is 2.88. The number of carbonyl (C=O) groups excluding carboxylic acids is 1. The molecule has 0 heterocycles. The molecule has 0 bridgehead atoms. The van der Waals surface area contributed by atoms with Crippen LogP contribution in [0, 0.1) is 0 Å². The lowest BCUT2D eigenvalue weighted by Gasteiger charge is -2.17. The highest BCUT2D eigenvalue weighted by Crippen LogP contribution is 2.24. The maximum atomic E-state index is 11.5. The Kier molecular flexibility index (Phi) is 5.54. The third-order valence-electron chi connectivity index (χ3n) is 2.33. The van der Waals surface area contributed by atoms with Crippen LogP contribution in [0.15, 0.2) is 54.6 Å². The zero-order valence-electron chi connectivity index (χ0n) is 10.7. The van der Waals surface area contributed by atoms with Crippen LogP contribution in [0.5, 0.6) is 0 Å². The van der Waals surface area contributed by atoms with Crippen molar-refractivity contribution in [3.63, 3.8) is 0 Å². The van der Waals surface area contributed by atoms with Crippen LogP contribution in [-0.2, 0) is 14.3 Å². The van der Waals surface area contributed by atoms with Crippen molar-refractivity contribution in [1.29, 1.82) is 0 Å². The topological polar surface area (TPSA) is 63.6 Å². The number of aliphatic carboxylic acids is 1. The number of ether oxygens (including phenoxy) is 1. The highest BCUT2D eigenvalue weighted by atomic mass is 16.5. The summed E-state index contributed by atoms with van der Waals surface area (Å²) in [6, 6.07) is 9.26.